The molecule has 0 bridgehead atoms. The molecular weight excluding hydrogens is 396 g/mol. The van der Waals surface area contributed by atoms with Gasteiger partial charge >= 0.3 is 0 Å². The number of benzene rings is 1. The normalized spacial score (nSPS) is 18.5. The molecule has 0 amide bonds. The second kappa shape index (κ2) is 7.08. The monoisotopic (exact) mass is 412 g/mol. The zero-order valence-corrected chi connectivity index (χ0v) is 15.5. The topological polar surface area (TPSA) is 68.7 Å². The van der Waals surface area contributed by atoms with E-state index in [9.17, 15) is 8.42 Å². The number of methoxy groups -OCH3 is 1. The van der Waals surface area contributed by atoms with Gasteiger partial charge in [0.25, 0.3) is 0 Å². The zero-order valence-electron chi connectivity index (χ0n) is 13.1. The lowest BCUT2D eigenvalue weighted by atomic mass is 10.3. The van der Waals surface area contributed by atoms with Crippen LogP contribution in [0.15, 0.2) is 52.0 Å². The summed E-state index contributed by atoms with van der Waals surface area (Å²) >= 11 is 3.32. The number of sulfonamides is 1. The summed E-state index contributed by atoms with van der Waals surface area (Å²) < 4.78 is 38.5. The van der Waals surface area contributed by atoms with Crippen LogP contribution in [0.2, 0.25) is 0 Å². The average molecular weight is 413 g/mol. The van der Waals surface area contributed by atoms with Gasteiger partial charge in [0.15, 0.2) is 0 Å². The third-order valence-corrected chi connectivity index (χ3v) is 6.14. The summed E-state index contributed by atoms with van der Waals surface area (Å²) in [5.74, 6) is 1.12. The van der Waals surface area contributed by atoms with Crippen LogP contribution in [0.1, 0.15) is 6.42 Å². The lowest BCUT2D eigenvalue weighted by Gasteiger charge is -2.17. The fourth-order valence-electron chi connectivity index (χ4n) is 2.51. The molecule has 1 saturated heterocycles. The van der Waals surface area contributed by atoms with E-state index in [1.54, 1.807) is 43.6 Å². The Kier molecular flexibility index (Phi) is 5.07. The largest absolute Gasteiger partial charge is 0.497 e. The van der Waals surface area contributed by atoms with Crippen molar-refractivity contribution < 1.29 is 17.9 Å². The van der Waals surface area contributed by atoms with Gasteiger partial charge in [-0.05, 0) is 52.7 Å². The fourth-order valence-corrected chi connectivity index (χ4v) is 4.23. The molecule has 0 spiro atoms. The number of aromatic nitrogens is 1. The minimum absolute atomic E-state index is 0.202. The Balaban J connectivity index is 1.68. The van der Waals surface area contributed by atoms with Crippen molar-refractivity contribution in [2.24, 2.45) is 0 Å². The minimum Gasteiger partial charge on any atom is -0.497 e. The van der Waals surface area contributed by atoms with Crippen molar-refractivity contribution in [1.82, 2.24) is 9.29 Å². The average Bonchev–Trinajstić information content (AvgIpc) is 3.06. The molecule has 24 heavy (non-hydrogen) atoms. The van der Waals surface area contributed by atoms with Gasteiger partial charge in [0.05, 0.1) is 18.6 Å². The molecule has 1 fully saturated rings. The van der Waals surface area contributed by atoms with E-state index in [0.29, 0.717) is 31.1 Å². The SMILES string of the molecule is COc1ccc(S(=O)(=O)N2CCC(Oc3ccc(Br)cn3)C2)cc1. The van der Waals surface area contributed by atoms with E-state index in [4.69, 9.17) is 9.47 Å². The highest BCUT2D eigenvalue weighted by Gasteiger charge is 2.33. The van der Waals surface area contributed by atoms with Crippen LogP contribution in [0.25, 0.3) is 0 Å². The van der Waals surface area contributed by atoms with Crippen LogP contribution in [-0.2, 0) is 10.0 Å². The Hall–Kier alpha value is -1.64. The molecule has 6 nitrogen and oxygen atoms in total. The molecule has 1 aliphatic heterocycles. The molecule has 1 unspecified atom stereocenters. The smallest absolute Gasteiger partial charge is 0.243 e. The van der Waals surface area contributed by atoms with E-state index < -0.39 is 10.0 Å². The molecule has 2 heterocycles. The number of nitrogens with zero attached hydrogens (tertiary/aromatic N) is 2. The van der Waals surface area contributed by atoms with Gasteiger partial charge in [-0.2, -0.15) is 4.31 Å². The Morgan fingerprint density at radius 3 is 2.58 bits per heavy atom. The molecular formula is C16H17BrN2O4S. The summed E-state index contributed by atoms with van der Waals surface area (Å²) in [5.41, 5.74) is 0. The van der Waals surface area contributed by atoms with Crippen molar-refractivity contribution in [3.05, 3.63) is 47.1 Å². The highest BCUT2D eigenvalue weighted by molar-refractivity contribution is 9.10. The van der Waals surface area contributed by atoms with Crippen molar-refractivity contribution in [3.63, 3.8) is 0 Å². The van der Waals surface area contributed by atoms with E-state index in [1.165, 1.54) is 4.31 Å². The quantitative estimate of drug-likeness (QED) is 0.754. The third kappa shape index (κ3) is 3.71. The van der Waals surface area contributed by atoms with Crippen LogP contribution in [0, 0.1) is 0 Å². The lowest BCUT2D eigenvalue weighted by Crippen LogP contribution is -2.31. The molecule has 0 radical (unpaired) electrons. The maximum absolute atomic E-state index is 12.7. The Morgan fingerprint density at radius 2 is 1.96 bits per heavy atom. The number of ether oxygens (including phenoxy) is 2. The van der Waals surface area contributed by atoms with Gasteiger partial charge in [-0.15, -0.1) is 0 Å². The molecule has 0 aliphatic carbocycles. The first-order valence-corrected chi connectivity index (χ1v) is 9.65. The maximum atomic E-state index is 12.7. The van der Waals surface area contributed by atoms with Crippen molar-refractivity contribution in [1.29, 1.82) is 0 Å². The van der Waals surface area contributed by atoms with Crippen LogP contribution < -0.4 is 9.47 Å². The molecule has 8 heteroatoms. The highest BCUT2D eigenvalue weighted by Crippen LogP contribution is 2.25. The van der Waals surface area contributed by atoms with Crippen LogP contribution in [0.5, 0.6) is 11.6 Å². The first kappa shape index (κ1) is 17.2. The summed E-state index contributed by atoms with van der Waals surface area (Å²) in [4.78, 5) is 4.41. The number of pyridine rings is 1. The van der Waals surface area contributed by atoms with Gasteiger partial charge < -0.3 is 9.47 Å². The Morgan fingerprint density at radius 1 is 1.21 bits per heavy atom. The van der Waals surface area contributed by atoms with Crippen molar-refractivity contribution in [2.45, 2.75) is 17.4 Å². The molecule has 0 N–H and O–H groups in total. The number of rotatable bonds is 5. The van der Waals surface area contributed by atoms with Crippen molar-refractivity contribution in [2.75, 3.05) is 20.2 Å². The highest BCUT2D eigenvalue weighted by atomic mass is 79.9. The molecule has 1 aliphatic rings. The van der Waals surface area contributed by atoms with Crippen molar-refractivity contribution >= 4 is 26.0 Å². The summed E-state index contributed by atoms with van der Waals surface area (Å²) in [6, 6.07) is 9.98. The second-order valence-electron chi connectivity index (χ2n) is 5.38. The standard InChI is InChI=1S/C16H17BrN2O4S/c1-22-13-3-5-15(6-4-13)24(20,21)19-9-8-14(11-19)23-16-7-2-12(17)10-18-16/h2-7,10,14H,8-9,11H2,1H3. The number of halogens is 1. The summed E-state index contributed by atoms with van der Waals surface area (Å²) in [6.07, 6.45) is 2.08. The molecule has 0 saturated carbocycles. The van der Waals surface area contributed by atoms with E-state index >= 15 is 0 Å². The summed E-state index contributed by atoms with van der Waals surface area (Å²) in [5, 5.41) is 0. The van der Waals surface area contributed by atoms with Gasteiger partial charge in [0.2, 0.25) is 15.9 Å². The minimum atomic E-state index is -3.53. The molecule has 3 rings (SSSR count). The predicted octanol–water partition coefficient (Wildman–Crippen LogP) is 2.69. The van der Waals surface area contributed by atoms with Crippen LogP contribution >= 0.6 is 15.9 Å². The molecule has 1 aromatic heterocycles. The summed E-state index contributed by atoms with van der Waals surface area (Å²) in [6.45, 7) is 0.738. The second-order valence-corrected chi connectivity index (χ2v) is 8.24. The van der Waals surface area contributed by atoms with E-state index in [1.807, 2.05) is 6.07 Å². The summed E-state index contributed by atoms with van der Waals surface area (Å²) in [7, 11) is -1.98. The van der Waals surface area contributed by atoms with Gasteiger partial charge in [-0.3, -0.25) is 0 Å². The van der Waals surface area contributed by atoms with Gasteiger partial charge in [-0.1, -0.05) is 0 Å². The molecule has 2 aromatic rings. The van der Waals surface area contributed by atoms with Gasteiger partial charge in [-0.25, -0.2) is 13.4 Å². The number of hydrogen-bond donors (Lipinski definition) is 0. The Bertz CT molecular complexity index is 794. The van der Waals surface area contributed by atoms with E-state index in [-0.39, 0.29) is 11.0 Å². The first-order chi connectivity index (χ1) is 11.5. The first-order valence-electron chi connectivity index (χ1n) is 7.41. The number of hydrogen-bond acceptors (Lipinski definition) is 5. The van der Waals surface area contributed by atoms with Gasteiger partial charge in [0.1, 0.15) is 11.9 Å². The van der Waals surface area contributed by atoms with Gasteiger partial charge in [0, 0.05) is 23.3 Å². The molecule has 1 aromatic carbocycles. The molecule has 1 atom stereocenters. The van der Waals surface area contributed by atoms with Crippen molar-refractivity contribution in [3.8, 4) is 11.6 Å². The fraction of sp³-hybridized carbons (Fsp3) is 0.312. The maximum Gasteiger partial charge on any atom is 0.243 e. The third-order valence-electron chi connectivity index (χ3n) is 3.79. The lowest BCUT2D eigenvalue weighted by molar-refractivity contribution is 0.207. The van der Waals surface area contributed by atoms with E-state index in [0.717, 1.165) is 4.47 Å². The van der Waals surface area contributed by atoms with Crippen LogP contribution in [0.3, 0.4) is 0 Å². The predicted molar refractivity (Wildman–Crippen MR) is 92.7 cm³/mol. The zero-order chi connectivity index (χ0) is 17.2. The Labute approximate surface area is 149 Å². The van der Waals surface area contributed by atoms with Crippen LogP contribution in [0.4, 0.5) is 0 Å². The van der Waals surface area contributed by atoms with E-state index in [2.05, 4.69) is 20.9 Å². The molecule has 128 valence electrons. The van der Waals surface area contributed by atoms with Crippen LogP contribution in [-0.4, -0.2) is 44.0 Å².